The van der Waals surface area contributed by atoms with Crippen LogP contribution in [0.25, 0.3) is 22.5 Å². The van der Waals surface area contributed by atoms with Crippen LogP contribution in [0.1, 0.15) is 35.4 Å². The number of pyridine rings is 1. The lowest BCUT2D eigenvalue weighted by molar-refractivity contribution is 0.228. The predicted octanol–water partition coefficient (Wildman–Crippen LogP) is 3.61. The highest BCUT2D eigenvalue weighted by atomic mass is 16.5. The van der Waals surface area contributed by atoms with Gasteiger partial charge in [-0.2, -0.15) is 10.4 Å². The van der Waals surface area contributed by atoms with Crippen molar-refractivity contribution < 1.29 is 4.74 Å². The molecule has 8 heteroatoms. The average Bonchev–Trinajstić information content (AvgIpc) is 3.32. The van der Waals surface area contributed by atoms with Gasteiger partial charge < -0.3 is 15.0 Å². The standard InChI is InChI=1S/C23H21N7O/c1-13-4-5-17-18(6-13)14(2)31-20-7-15(9-26-23(20)25)22-19(8-24)27-12-30(22)11-16-10-29(3)28-21(16)17/h4-7,9-10,12,14H,11H2,1-3H3,(H2,25,26)/t14-/m1/s1. The minimum Gasteiger partial charge on any atom is -0.482 e. The van der Waals surface area contributed by atoms with Gasteiger partial charge in [0.2, 0.25) is 0 Å². The lowest BCUT2D eigenvalue weighted by Gasteiger charge is -2.21. The second kappa shape index (κ2) is 6.99. The smallest absolute Gasteiger partial charge is 0.166 e. The zero-order valence-electron chi connectivity index (χ0n) is 17.5. The molecule has 8 nitrogen and oxygen atoms in total. The van der Waals surface area contributed by atoms with E-state index < -0.39 is 0 Å². The van der Waals surface area contributed by atoms with Crippen molar-refractivity contribution in [1.29, 1.82) is 5.26 Å². The molecule has 0 saturated heterocycles. The molecule has 0 unspecified atom stereocenters. The molecule has 0 fully saturated rings. The van der Waals surface area contributed by atoms with Crippen LogP contribution < -0.4 is 10.5 Å². The van der Waals surface area contributed by atoms with Crippen molar-refractivity contribution in [3.05, 3.63) is 65.4 Å². The number of hydrogen-bond acceptors (Lipinski definition) is 6. The molecule has 0 aliphatic carbocycles. The van der Waals surface area contributed by atoms with Gasteiger partial charge >= 0.3 is 0 Å². The number of aromatic nitrogens is 5. The summed E-state index contributed by atoms with van der Waals surface area (Å²) >= 11 is 0. The number of nitrogens with zero attached hydrogens (tertiary/aromatic N) is 6. The molecule has 1 aliphatic heterocycles. The zero-order chi connectivity index (χ0) is 21.7. The summed E-state index contributed by atoms with van der Waals surface area (Å²) in [7, 11) is 1.90. The number of fused-ring (bicyclic) bond motifs is 7. The van der Waals surface area contributed by atoms with Crippen molar-refractivity contribution >= 4 is 5.82 Å². The average molecular weight is 411 g/mol. The number of anilines is 1. The summed E-state index contributed by atoms with van der Waals surface area (Å²) in [6.45, 7) is 4.55. The number of benzene rings is 1. The topological polar surface area (TPSA) is 108 Å². The van der Waals surface area contributed by atoms with Gasteiger partial charge in [-0.1, -0.05) is 23.8 Å². The summed E-state index contributed by atoms with van der Waals surface area (Å²) < 4.78 is 10.0. The summed E-state index contributed by atoms with van der Waals surface area (Å²) in [5.74, 6) is 0.765. The van der Waals surface area contributed by atoms with Crippen molar-refractivity contribution in [2.45, 2.75) is 26.5 Å². The van der Waals surface area contributed by atoms with Crippen molar-refractivity contribution in [3.63, 3.8) is 0 Å². The van der Waals surface area contributed by atoms with Gasteiger partial charge in [0.1, 0.15) is 12.2 Å². The van der Waals surface area contributed by atoms with E-state index in [1.807, 2.05) is 30.8 Å². The molecule has 5 rings (SSSR count). The molecule has 0 amide bonds. The number of ether oxygens (including phenoxy) is 1. The van der Waals surface area contributed by atoms with Crippen LogP contribution in [-0.4, -0.2) is 24.3 Å². The largest absolute Gasteiger partial charge is 0.482 e. The molecule has 2 bridgehead atoms. The van der Waals surface area contributed by atoms with E-state index >= 15 is 0 Å². The van der Waals surface area contributed by atoms with Crippen LogP contribution in [0.5, 0.6) is 5.75 Å². The molecule has 1 aliphatic rings. The maximum atomic E-state index is 9.64. The van der Waals surface area contributed by atoms with Gasteiger partial charge in [-0.25, -0.2) is 9.97 Å². The van der Waals surface area contributed by atoms with Crippen LogP contribution in [0.15, 0.2) is 43.0 Å². The van der Waals surface area contributed by atoms with Gasteiger partial charge in [0.05, 0.1) is 24.3 Å². The Hall–Kier alpha value is -4.12. The van der Waals surface area contributed by atoms with E-state index in [2.05, 4.69) is 41.2 Å². The number of rotatable bonds is 0. The molecular formula is C23H21N7O. The van der Waals surface area contributed by atoms with E-state index in [1.54, 1.807) is 17.2 Å². The molecule has 3 aromatic heterocycles. The van der Waals surface area contributed by atoms with Gasteiger partial charge in [-0.3, -0.25) is 4.68 Å². The molecule has 154 valence electrons. The third-order valence-corrected chi connectivity index (χ3v) is 5.55. The number of aryl methyl sites for hydroxylation is 2. The van der Waals surface area contributed by atoms with Crippen molar-refractivity contribution in [1.82, 2.24) is 24.3 Å². The molecule has 1 aromatic carbocycles. The predicted molar refractivity (Wildman–Crippen MR) is 116 cm³/mol. The second-order valence-electron chi connectivity index (χ2n) is 7.82. The lowest BCUT2D eigenvalue weighted by atomic mass is 9.96. The SMILES string of the molecule is Cc1ccc2c(c1)[C@@H](C)Oc1cc(cnc1N)-c1c(C#N)ncn1Cc1cn(C)nc1-2. The minimum absolute atomic E-state index is 0.288. The Bertz CT molecular complexity index is 1360. The van der Waals surface area contributed by atoms with Crippen molar-refractivity contribution in [2.24, 2.45) is 7.05 Å². The molecule has 31 heavy (non-hydrogen) atoms. The fraction of sp³-hybridized carbons (Fsp3) is 0.217. The fourth-order valence-corrected chi connectivity index (χ4v) is 4.12. The normalized spacial score (nSPS) is 14.8. The Kier molecular flexibility index (Phi) is 4.26. The highest BCUT2D eigenvalue weighted by Crippen LogP contribution is 2.37. The molecule has 2 N–H and O–H groups in total. The van der Waals surface area contributed by atoms with Gasteiger partial charge in [0.15, 0.2) is 17.3 Å². The number of imidazole rings is 1. The Balaban J connectivity index is 1.82. The molecule has 4 heterocycles. The number of hydrogen-bond donors (Lipinski definition) is 1. The van der Waals surface area contributed by atoms with E-state index in [1.165, 1.54) is 0 Å². The van der Waals surface area contributed by atoms with Gasteiger partial charge in [-0.15, -0.1) is 0 Å². The van der Waals surface area contributed by atoms with Crippen molar-refractivity contribution in [3.8, 4) is 34.3 Å². The molecule has 1 atom stereocenters. The van der Waals surface area contributed by atoms with Crippen LogP contribution in [0.3, 0.4) is 0 Å². The third-order valence-electron chi connectivity index (χ3n) is 5.55. The van der Waals surface area contributed by atoms with E-state index in [0.29, 0.717) is 29.5 Å². The quantitative estimate of drug-likeness (QED) is 0.474. The highest BCUT2D eigenvalue weighted by molar-refractivity contribution is 5.71. The summed E-state index contributed by atoms with van der Waals surface area (Å²) in [5.41, 5.74) is 12.9. The maximum absolute atomic E-state index is 9.64. The Morgan fingerprint density at radius 2 is 2.10 bits per heavy atom. The van der Waals surface area contributed by atoms with Gasteiger partial charge in [0.25, 0.3) is 0 Å². The lowest BCUT2D eigenvalue weighted by Crippen LogP contribution is -2.10. The first-order valence-corrected chi connectivity index (χ1v) is 9.96. The van der Waals surface area contributed by atoms with Crippen LogP contribution in [0.2, 0.25) is 0 Å². The van der Waals surface area contributed by atoms with E-state index in [4.69, 9.17) is 15.6 Å². The Morgan fingerprint density at radius 3 is 2.90 bits per heavy atom. The van der Waals surface area contributed by atoms with Crippen LogP contribution >= 0.6 is 0 Å². The first-order chi connectivity index (χ1) is 14.9. The second-order valence-corrected chi connectivity index (χ2v) is 7.82. The van der Waals surface area contributed by atoms with Crippen LogP contribution in [0.4, 0.5) is 5.82 Å². The maximum Gasteiger partial charge on any atom is 0.166 e. The molecule has 4 aromatic rings. The number of nitriles is 1. The zero-order valence-corrected chi connectivity index (χ0v) is 17.5. The fourth-order valence-electron chi connectivity index (χ4n) is 4.12. The molecule has 0 spiro atoms. The first kappa shape index (κ1) is 18.9. The highest BCUT2D eigenvalue weighted by Gasteiger charge is 2.23. The van der Waals surface area contributed by atoms with E-state index in [-0.39, 0.29) is 6.10 Å². The van der Waals surface area contributed by atoms with Crippen LogP contribution in [0, 0.1) is 18.3 Å². The molecular weight excluding hydrogens is 390 g/mol. The first-order valence-electron chi connectivity index (χ1n) is 9.96. The Morgan fingerprint density at radius 1 is 1.26 bits per heavy atom. The van der Waals surface area contributed by atoms with Gasteiger partial charge in [0, 0.05) is 41.7 Å². The summed E-state index contributed by atoms with van der Waals surface area (Å²) in [6.07, 6.45) is 5.03. The number of nitrogen functional groups attached to an aromatic ring is 1. The minimum atomic E-state index is -0.288. The summed E-state index contributed by atoms with van der Waals surface area (Å²) in [5, 5.41) is 14.4. The third kappa shape index (κ3) is 3.11. The van der Waals surface area contributed by atoms with Crippen molar-refractivity contribution in [2.75, 3.05) is 5.73 Å². The molecule has 0 radical (unpaired) electrons. The van der Waals surface area contributed by atoms with Crippen LogP contribution in [-0.2, 0) is 13.6 Å². The monoisotopic (exact) mass is 411 g/mol. The summed E-state index contributed by atoms with van der Waals surface area (Å²) in [6, 6.07) is 10.3. The molecule has 0 saturated carbocycles. The Labute approximate surface area is 179 Å². The van der Waals surface area contributed by atoms with Gasteiger partial charge in [-0.05, 0) is 19.9 Å². The summed E-state index contributed by atoms with van der Waals surface area (Å²) in [4.78, 5) is 8.63. The van der Waals surface area contributed by atoms with E-state index in [0.717, 1.165) is 33.5 Å². The van der Waals surface area contributed by atoms with E-state index in [9.17, 15) is 5.26 Å². The number of nitrogens with two attached hydrogens (primary N) is 1.